The van der Waals surface area contributed by atoms with Gasteiger partial charge in [-0.3, -0.25) is 14.6 Å². The summed E-state index contributed by atoms with van der Waals surface area (Å²) in [6.45, 7) is -1.30. The van der Waals surface area contributed by atoms with Crippen LogP contribution in [0.1, 0.15) is 16.8 Å². The lowest BCUT2D eigenvalue weighted by molar-refractivity contribution is -0.131. The van der Waals surface area contributed by atoms with Crippen LogP contribution in [-0.4, -0.2) is 46.8 Å². The second kappa shape index (κ2) is 8.11. The maximum Gasteiger partial charge on any atom is 0.268 e. The minimum atomic E-state index is -3.10. The van der Waals surface area contributed by atoms with Crippen LogP contribution in [0.3, 0.4) is 0 Å². The average Bonchev–Trinajstić information content (AvgIpc) is 3.11. The Bertz CT molecular complexity index is 1190. The van der Waals surface area contributed by atoms with Gasteiger partial charge in [-0.15, -0.1) is 0 Å². The maximum atomic E-state index is 13.6. The number of likely N-dealkylation sites (tertiary alicyclic amines) is 1. The minimum Gasteiger partial charge on any atom is -0.343 e. The van der Waals surface area contributed by atoms with Crippen LogP contribution < -0.4 is 5.32 Å². The van der Waals surface area contributed by atoms with E-state index in [4.69, 9.17) is 5.26 Å². The van der Waals surface area contributed by atoms with Crippen molar-refractivity contribution in [2.45, 2.75) is 18.4 Å². The fourth-order valence-corrected chi connectivity index (χ4v) is 3.70. The van der Waals surface area contributed by atoms with Gasteiger partial charge < -0.3 is 10.2 Å². The molecule has 8 heteroatoms. The Kier molecular flexibility index (Phi) is 5.34. The number of carbonyl (C=O) groups is 2. The van der Waals surface area contributed by atoms with Gasteiger partial charge in [-0.1, -0.05) is 36.4 Å². The number of alkyl halides is 2. The van der Waals surface area contributed by atoms with E-state index < -0.39 is 43.3 Å². The number of hydrogen-bond acceptors (Lipinski definition) is 4. The van der Waals surface area contributed by atoms with Crippen LogP contribution >= 0.6 is 0 Å². The van der Waals surface area contributed by atoms with Gasteiger partial charge in [0.25, 0.3) is 11.8 Å². The average molecular weight is 420 g/mol. The number of benzene rings is 2. The number of nitrogens with zero attached hydrogens (tertiary/aromatic N) is 3. The molecule has 31 heavy (non-hydrogen) atoms. The SMILES string of the molecule is N#C[C@@H]1CC(F)(F)CN1C(=O)CNC(=O)c1ccnc2ccc(-c3ccccc3)cc12. The number of pyridine rings is 1. The molecular weight excluding hydrogens is 402 g/mol. The number of aromatic nitrogens is 1. The van der Waals surface area contributed by atoms with E-state index in [1.807, 2.05) is 48.5 Å². The van der Waals surface area contributed by atoms with Crippen molar-refractivity contribution in [3.63, 3.8) is 0 Å². The molecule has 1 aliphatic heterocycles. The van der Waals surface area contributed by atoms with Crippen molar-refractivity contribution < 1.29 is 18.4 Å². The highest BCUT2D eigenvalue weighted by Gasteiger charge is 2.47. The van der Waals surface area contributed by atoms with E-state index in [1.54, 1.807) is 12.1 Å². The molecule has 6 nitrogen and oxygen atoms in total. The predicted molar refractivity (Wildman–Crippen MR) is 110 cm³/mol. The summed E-state index contributed by atoms with van der Waals surface area (Å²) in [6, 6.07) is 17.3. The molecule has 0 bridgehead atoms. The molecule has 156 valence electrons. The van der Waals surface area contributed by atoms with Crippen LogP contribution in [0.5, 0.6) is 0 Å². The standard InChI is InChI=1S/C23H18F2N4O2/c24-23(25)11-17(12-26)29(14-23)21(30)13-28-22(31)18-8-9-27-20-7-6-16(10-19(18)20)15-4-2-1-3-5-15/h1-10,17H,11,13-14H2,(H,28,31)/t17-/m0/s1. The number of amides is 2. The zero-order valence-electron chi connectivity index (χ0n) is 16.4. The highest BCUT2D eigenvalue weighted by molar-refractivity contribution is 6.07. The Morgan fingerprint density at radius 3 is 2.68 bits per heavy atom. The number of halogens is 2. The topological polar surface area (TPSA) is 86.1 Å². The summed E-state index contributed by atoms with van der Waals surface area (Å²) in [6.07, 6.45) is 0.800. The van der Waals surface area contributed by atoms with Crippen molar-refractivity contribution in [1.82, 2.24) is 15.2 Å². The molecule has 1 N–H and O–H groups in total. The van der Waals surface area contributed by atoms with Crippen LogP contribution in [0, 0.1) is 11.3 Å². The molecule has 0 unspecified atom stereocenters. The van der Waals surface area contributed by atoms with Crippen molar-refractivity contribution in [3.8, 4) is 17.2 Å². The van der Waals surface area contributed by atoms with E-state index in [0.29, 0.717) is 16.5 Å². The Balaban J connectivity index is 1.54. The summed E-state index contributed by atoms with van der Waals surface area (Å²) in [7, 11) is 0. The molecule has 4 rings (SSSR count). The molecule has 2 aromatic carbocycles. The van der Waals surface area contributed by atoms with Gasteiger partial charge in [0.05, 0.1) is 30.2 Å². The summed E-state index contributed by atoms with van der Waals surface area (Å²) in [5, 5.41) is 12.1. The molecule has 1 aliphatic rings. The van der Waals surface area contributed by atoms with Crippen LogP contribution in [-0.2, 0) is 4.79 Å². The first-order valence-electron chi connectivity index (χ1n) is 9.67. The summed E-state index contributed by atoms with van der Waals surface area (Å²) < 4.78 is 27.1. The van der Waals surface area contributed by atoms with Crippen molar-refractivity contribution in [2.75, 3.05) is 13.1 Å². The Morgan fingerprint density at radius 1 is 1.16 bits per heavy atom. The highest BCUT2D eigenvalue weighted by Crippen LogP contribution is 2.31. The quantitative estimate of drug-likeness (QED) is 0.701. The Hall–Kier alpha value is -3.86. The lowest BCUT2D eigenvalue weighted by atomic mass is 10.0. The molecule has 1 atom stereocenters. The number of nitriles is 1. The molecule has 1 saturated heterocycles. The van der Waals surface area contributed by atoms with E-state index in [1.165, 1.54) is 6.20 Å². The van der Waals surface area contributed by atoms with Crippen LogP contribution in [0.15, 0.2) is 60.8 Å². The van der Waals surface area contributed by atoms with Gasteiger partial charge in [0.2, 0.25) is 5.91 Å². The highest BCUT2D eigenvalue weighted by atomic mass is 19.3. The smallest absolute Gasteiger partial charge is 0.268 e. The Morgan fingerprint density at radius 2 is 1.94 bits per heavy atom. The molecule has 0 radical (unpaired) electrons. The maximum absolute atomic E-state index is 13.6. The summed E-state index contributed by atoms with van der Waals surface area (Å²) in [4.78, 5) is 30.2. The molecule has 0 spiro atoms. The first-order valence-corrected chi connectivity index (χ1v) is 9.67. The molecule has 0 aliphatic carbocycles. The molecule has 3 aromatic rings. The van der Waals surface area contributed by atoms with Crippen molar-refractivity contribution >= 4 is 22.7 Å². The van der Waals surface area contributed by atoms with Crippen molar-refractivity contribution in [3.05, 3.63) is 66.4 Å². The lowest BCUT2D eigenvalue weighted by Gasteiger charge is -2.19. The third-order valence-electron chi connectivity index (χ3n) is 5.23. The number of carbonyl (C=O) groups excluding carboxylic acids is 2. The van der Waals surface area contributed by atoms with E-state index in [0.717, 1.165) is 16.0 Å². The first-order chi connectivity index (χ1) is 14.9. The van der Waals surface area contributed by atoms with Crippen molar-refractivity contribution in [1.29, 1.82) is 5.26 Å². The number of rotatable bonds is 4. The van der Waals surface area contributed by atoms with Crippen LogP contribution in [0.4, 0.5) is 8.78 Å². The van der Waals surface area contributed by atoms with Gasteiger partial charge in [-0.2, -0.15) is 5.26 Å². The lowest BCUT2D eigenvalue weighted by Crippen LogP contribution is -2.43. The van der Waals surface area contributed by atoms with Gasteiger partial charge in [0, 0.05) is 18.0 Å². The van der Waals surface area contributed by atoms with E-state index >= 15 is 0 Å². The molecular formula is C23H18F2N4O2. The third kappa shape index (κ3) is 4.21. The van der Waals surface area contributed by atoms with Gasteiger partial charge in [0.1, 0.15) is 6.04 Å². The fourth-order valence-electron chi connectivity index (χ4n) is 3.70. The fraction of sp³-hybridized carbons (Fsp3) is 0.217. The zero-order valence-corrected chi connectivity index (χ0v) is 16.4. The van der Waals surface area contributed by atoms with Gasteiger partial charge >= 0.3 is 0 Å². The molecule has 0 saturated carbocycles. The summed E-state index contributed by atoms with van der Waals surface area (Å²) in [5.74, 6) is -4.35. The van der Waals surface area contributed by atoms with Gasteiger partial charge in [-0.25, -0.2) is 8.78 Å². The first kappa shape index (κ1) is 20.4. The van der Waals surface area contributed by atoms with Gasteiger partial charge in [0.15, 0.2) is 0 Å². The minimum absolute atomic E-state index is 0.319. The van der Waals surface area contributed by atoms with Gasteiger partial charge in [-0.05, 0) is 29.3 Å². The normalized spacial score (nSPS) is 17.3. The molecule has 2 amide bonds. The monoisotopic (exact) mass is 420 g/mol. The zero-order chi connectivity index (χ0) is 22.0. The largest absolute Gasteiger partial charge is 0.343 e. The molecule has 1 fully saturated rings. The third-order valence-corrected chi connectivity index (χ3v) is 5.23. The van der Waals surface area contributed by atoms with E-state index in [9.17, 15) is 18.4 Å². The van der Waals surface area contributed by atoms with E-state index in [2.05, 4.69) is 10.3 Å². The second-order valence-corrected chi connectivity index (χ2v) is 7.37. The second-order valence-electron chi connectivity index (χ2n) is 7.37. The summed E-state index contributed by atoms with van der Waals surface area (Å²) >= 11 is 0. The number of fused-ring (bicyclic) bond motifs is 1. The molecule has 2 heterocycles. The predicted octanol–water partition coefficient (Wildman–Crippen LogP) is 3.39. The number of hydrogen-bond donors (Lipinski definition) is 1. The Labute approximate surface area is 177 Å². The van der Waals surface area contributed by atoms with Crippen LogP contribution in [0.25, 0.3) is 22.0 Å². The van der Waals surface area contributed by atoms with Crippen molar-refractivity contribution in [2.24, 2.45) is 0 Å². The number of nitrogens with one attached hydrogen (secondary N) is 1. The molecule has 1 aromatic heterocycles. The summed E-state index contributed by atoms with van der Waals surface area (Å²) in [5.41, 5.74) is 2.82. The van der Waals surface area contributed by atoms with E-state index in [-0.39, 0.29) is 0 Å². The van der Waals surface area contributed by atoms with Crippen LogP contribution in [0.2, 0.25) is 0 Å².